The Hall–Kier alpha value is -0.960. The summed E-state index contributed by atoms with van der Waals surface area (Å²) in [6.07, 6.45) is 7.63. The second-order valence-electron chi connectivity index (χ2n) is 5.30. The Bertz CT molecular complexity index is 389. The Morgan fingerprint density at radius 2 is 2.11 bits per heavy atom. The van der Waals surface area contributed by atoms with Crippen LogP contribution in [0, 0.1) is 0 Å². The SMILES string of the molecule is CCCNC(C)C(CC)c1ncnc2c1CCC2. The third-order valence-corrected chi connectivity index (χ3v) is 4.02. The third-order valence-electron chi connectivity index (χ3n) is 4.02. The van der Waals surface area contributed by atoms with Crippen molar-refractivity contribution in [1.82, 2.24) is 15.3 Å². The summed E-state index contributed by atoms with van der Waals surface area (Å²) in [6.45, 7) is 7.85. The lowest BCUT2D eigenvalue weighted by Gasteiger charge is -2.25. The van der Waals surface area contributed by atoms with E-state index in [-0.39, 0.29) is 0 Å². The molecule has 3 heteroatoms. The van der Waals surface area contributed by atoms with Crippen molar-refractivity contribution < 1.29 is 0 Å². The predicted octanol–water partition coefficient (Wildman–Crippen LogP) is 2.85. The third kappa shape index (κ3) is 2.72. The Morgan fingerprint density at radius 1 is 1.28 bits per heavy atom. The first-order valence-corrected chi connectivity index (χ1v) is 7.33. The first-order valence-electron chi connectivity index (χ1n) is 7.33. The van der Waals surface area contributed by atoms with E-state index >= 15 is 0 Å². The van der Waals surface area contributed by atoms with Gasteiger partial charge in [0, 0.05) is 17.7 Å². The quantitative estimate of drug-likeness (QED) is 0.840. The van der Waals surface area contributed by atoms with Crippen molar-refractivity contribution in [3.63, 3.8) is 0 Å². The smallest absolute Gasteiger partial charge is 0.115 e. The van der Waals surface area contributed by atoms with E-state index in [1.165, 1.54) is 36.2 Å². The number of hydrogen-bond donors (Lipinski definition) is 1. The van der Waals surface area contributed by atoms with Crippen LogP contribution in [-0.4, -0.2) is 22.6 Å². The minimum absolute atomic E-state index is 0.495. The lowest BCUT2D eigenvalue weighted by Crippen LogP contribution is -2.33. The fraction of sp³-hybridized carbons (Fsp3) is 0.733. The molecule has 1 N–H and O–H groups in total. The number of fused-ring (bicyclic) bond motifs is 1. The molecule has 3 nitrogen and oxygen atoms in total. The van der Waals surface area contributed by atoms with Crippen LogP contribution in [0.25, 0.3) is 0 Å². The van der Waals surface area contributed by atoms with Gasteiger partial charge in [-0.05, 0) is 51.1 Å². The van der Waals surface area contributed by atoms with Crippen LogP contribution in [-0.2, 0) is 12.8 Å². The molecular formula is C15H25N3. The minimum Gasteiger partial charge on any atom is -0.314 e. The Kier molecular flexibility index (Phi) is 4.70. The minimum atomic E-state index is 0.495. The van der Waals surface area contributed by atoms with Crippen LogP contribution in [0.1, 0.15) is 62.9 Å². The van der Waals surface area contributed by atoms with Crippen molar-refractivity contribution in [3.8, 4) is 0 Å². The second-order valence-corrected chi connectivity index (χ2v) is 5.30. The molecular weight excluding hydrogens is 222 g/mol. The number of nitrogens with zero attached hydrogens (tertiary/aromatic N) is 2. The zero-order chi connectivity index (χ0) is 13.0. The summed E-state index contributed by atoms with van der Waals surface area (Å²) in [5.74, 6) is 0.520. The van der Waals surface area contributed by atoms with E-state index in [1.54, 1.807) is 6.33 Å². The maximum atomic E-state index is 4.60. The first kappa shape index (κ1) is 13.5. The molecule has 0 aliphatic heterocycles. The first-order chi connectivity index (χ1) is 8.77. The highest BCUT2D eigenvalue weighted by Crippen LogP contribution is 2.30. The zero-order valence-corrected chi connectivity index (χ0v) is 11.9. The van der Waals surface area contributed by atoms with E-state index in [4.69, 9.17) is 0 Å². The highest BCUT2D eigenvalue weighted by molar-refractivity contribution is 5.32. The number of aryl methyl sites for hydroxylation is 1. The van der Waals surface area contributed by atoms with Crippen LogP contribution in [0.3, 0.4) is 0 Å². The van der Waals surface area contributed by atoms with Crippen molar-refractivity contribution in [2.45, 2.75) is 64.8 Å². The van der Waals surface area contributed by atoms with Gasteiger partial charge in [0.15, 0.2) is 0 Å². The van der Waals surface area contributed by atoms with Gasteiger partial charge in [-0.1, -0.05) is 13.8 Å². The maximum absolute atomic E-state index is 4.60. The highest BCUT2D eigenvalue weighted by Gasteiger charge is 2.25. The summed E-state index contributed by atoms with van der Waals surface area (Å²) in [7, 11) is 0. The van der Waals surface area contributed by atoms with E-state index in [2.05, 4.69) is 36.1 Å². The van der Waals surface area contributed by atoms with Crippen LogP contribution in [0.4, 0.5) is 0 Å². The summed E-state index contributed by atoms with van der Waals surface area (Å²) in [5.41, 5.74) is 4.03. The fourth-order valence-electron chi connectivity index (χ4n) is 3.00. The van der Waals surface area contributed by atoms with Crippen molar-refractivity contribution in [3.05, 3.63) is 23.3 Å². The maximum Gasteiger partial charge on any atom is 0.115 e. The van der Waals surface area contributed by atoms with Gasteiger partial charge in [0.25, 0.3) is 0 Å². The van der Waals surface area contributed by atoms with Gasteiger partial charge in [-0.3, -0.25) is 0 Å². The summed E-state index contributed by atoms with van der Waals surface area (Å²) >= 11 is 0. The Balaban J connectivity index is 2.20. The normalized spacial score (nSPS) is 17.5. The van der Waals surface area contributed by atoms with Crippen molar-refractivity contribution in [2.75, 3.05) is 6.54 Å². The van der Waals surface area contributed by atoms with Crippen LogP contribution in [0.2, 0.25) is 0 Å². The molecule has 0 fully saturated rings. The van der Waals surface area contributed by atoms with Crippen LogP contribution in [0.5, 0.6) is 0 Å². The van der Waals surface area contributed by atoms with E-state index in [0.29, 0.717) is 12.0 Å². The average Bonchev–Trinajstić information content (AvgIpc) is 2.86. The number of hydrogen-bond acceptors (Lipinski definition) is 3. The monoisotopic (exact) mass is 247 g/mol. The molecule has 100 valence electrons. The molecule has 2 unspecified atom stereocenters. The van der Waals surface area contributed by atoms with Crippen molar-refractivity contribution >= 4 is 0 Å². The molecule has 0 amide bonds. The molecule has 0 radical (unpaired) electrons. The fourth-order valence-corrected chi connectivity index (χ4v) is 3.00. The van der Waals surface area contributed by atoms with Gasteiger partial charge in [-0.15, -0.1) is 0 Å². The number of aromatic nitrogens is 2. The topological polar surface area (TPSA) is 37.8 Å². The second kappa shape index (κ2) is 6.28. The van der Waals surface area contributed by atoms with Gasteiger partial charge < -0.3 is 5.32 Å². The molecule has 2 atom stereocenters. The molecule has 2 rings (SSSR count). The van der Waals surface area contributed by atoms with Gasteiger partial charge >= 0.3 is 0 Å². The molecule has 1 aliphatic carbocycles. The average molecular weight is 247 g/mol. The van der Waals surface area contributed by atoms with Crippen molar-refractivity contribution in [1.29, 1.82) is 0 Å². The van der Waals surface area contributed by atoms with Gasteiger partial charge in [0.1, 0.15) is 6.33 Å². The van der Waals surface area contributed by atoms with Gasteiger partial charge in [0.2, 0.25) is 0 Å². The van der Waals surface area contributed by atoms with Crippen LogP contribution < -0.4 is 5.32 Å². The number of nitrogens with one attached hydrogen (secondary N) is 1. The Morgan fingerprint density at radius 3 is 2.83 bits per heavy atom. The van der Waals surface area contributed by atoms with E-state index < -0.39 is 0 Å². The van der Waals surface area contributed by atoms with Gasteiger partial charge in [0.05, 0.1) is 5.69 Å². The molecule has 0 bridgehead atoms. The van der Waals surface area contributed by atoms with E-state index in [1.807, 2.05) is 0 Å². The number of rotatable bonds is 6. The van der Waals surface area contributed by atoms with E-state index in [9.17, 15) is 0 Å². The lowest BCUT2D eigenvalue weighted by molar-refractivity contribution is 0.440. The van der Waals surface area contributed by atoms with Gasteiger partial charge in [-0.25, -0.2) is 9.97 Å². The molecule has 1 aromatic rings. The zero-order valence-electron chi connectivity index (χ0n) is 11.9. The lowest BCUT2D eigenvalue weighted by atomic mass is 9.90. The molecule has 0 aromatic carbocycles. The molecule has 1 aliphatic rings. The highest BCUT2D eigenvalue weighted by atomic mass is 14.9. The summed E-state index contributed by atoms with van der Waals surface area (Å²) in [5, 5.41) is 3.61. The Labute approximate surface area is 110 Å². The standard InChI is InChI=1S/C15H25N3/c1-4-9-16-11(3)12(5-2)15-13-7-6-8-14(13)17-10-18-15/h10-12,16H,4-9H2,1-3H3. The van der Waals surface area contributed by atoms with Crippen LogP contribution in [0.15, 0.2) is 6.33 Å². The van der Waals surface area contributed by atoms with Crippen LogP contribution >= 0.6 is 0 Å². The van der Waals surface area contributed by atoms with Gasteiger partial charge in [-0.2, -0.15) is 0 Å². The summed E-state index contributed by atoms with van der Waals surface area (Å²) in [4.78, 5) is 9.03. The molecule has 0 saturated heterocycles. The largest absolute Gasteiger partial charge is 0.314 e. The molecule has 1 heterocycles. The summed E-state index contributed by atoms with van der Waals surface area (Å²) < 4.78 is 0. The molecule has 0 spiro atoms. The molecule has 18 heavy (non-hydrogen) atoms. The molecule has 0 saturated carbocycles. The predicted molar refractivity (Wildman–Crippen MR) is 74.8 cm³/mol. The van der Waals surface area contributed by atoms with Crippen molar-refractivity contribution in [2.24, 2.45) is 0 Å². The van der Waals surface area contributed by atoms with E-state index in [0.717, 1.165) is 19.4 Å². The molecule has 1 aromatic heterocycles. The summed E-state index contributed by atoms with van der Waals surface area (Å²) in [6, 6.07) is 0.495.